The quantitative estimate of drug-likeness (QED) is 0.831. The van der Waals surface area contributed by atoms with Crippen molar-refractivity contribution in [2.24, 2.45) is 0 Å². The molecule has 2 N–H and O–H groups in total. The molecule has 0 radical (unpaired) electrons. The van der Waals surface area contributed by atoms with Crippen LogP contribution in [0, 0.1) is 6.92 Å². The Morgan fingerprint density at radius 2 is 2.26 bits per heavy atom. The third-order valence-corrected chi connectivity index (χ3v) is 3.69. The van der Waals surface area contributed by atoms with Crippen LogP contribution in [0.1, 0.15) is 36.2 Å². The van der Waals surface area contributed by atoms with Crippen molar-refractivity contribution < 1.29 is 9.53 Å². The highest BCUT2D eigenvalue weighted by molar-refractivity contribution is 5.96. The van der Waals surface area contributed by atoms with Gasteiger partial charge in [-0.2, -0.15) is 0 Å². The summed E-state index contributed by atoms with van der Waals surface area (Å²) in [6.45, 7) is 7.28. The topological polar surface area (TPSA) is 55.6 Å². The second-order valence-corrected chi connectivity index (χ2v) is 5.24. The highest BCUT2D eigenvalue weighted by Gasteiger charge is 2.30. The lowest BCUT2D eigenvalue weighted by Crippen LogP contribution is -2.51. The average Bonchev–Trinajstić information content (AvgIpc) is 2.40. The van der Waals surface area contributed by atoms with Crippen LogP contribution in [0.5, 0.6) is 0 Å². The Morgan fingerprint density at radius 3 is 2.95 bits per heavy atom. The largest absolute Gasteiger partial charge is 0.399 e. The smallest absolute Gasteiger partial charge is 0.254 e. The number of hydrogen-bond acceptors (Lipinski definition) is 3. The molecule has 2 unspecified atom stereocenters. The molecule has 104 valence electrons. The van der Waals surface area contributed by atoms with E-state index in [1.165, 1.54) is 0 Å². The number of anilines is 1. The van der Waals surface area contributed by atoms with Gasteiger partial charge in [0.1, 0.15) is 0 Å². The van der Waals surface area contributed by atoms with Crippen LogP contribution in [0.3, 0.4) is 0 Å². The number of nitrogens with zero attached hydrogens (tertiary/aromatic N) is 1. The first kappa shape index (κ1) is 13.9. The Kier molecular flexibility index (Phi) is 4.10. The molecule has 0 aromatic heterocycles. The molecular weight excluding hydrogens is 240 g/mol. The molecular formula is C15H22N2O2. The zero-order chi connectivity index (χ0) is 14.0. The van der Waals surface area contributed by atoms with Gasteiger partial charge >= 0.3 is 0 Å². The Morgan fingerprint density at radius 1 is 1.53 bits per heavy atom. The predicted molar refractivity (Wildman–Crippen MR) is 76.1 cm³/mol. The van der Waals surface area contributed by atoms with Crippen molar-refractivity contribution in [3.8, 4) is 0 Å². The van der Waals surface area contributed by atoms with Gasteiger partial charge in [0.05, 0.1) is 18.8 Å². The van der Waals surface area contributed by atoms with Crippen LogP contribution in [0.15, 0.2) is 18.2 Å². The number of ether oxygens (including phenoxy) is 1. The normalized spacial score (nSPS) is 23.4. The van der Waals surface area contributed by atoms with Crippen LogP contribution >= 0.6 is 0 Å². The van der Waals surface area contributed by atoms with E-state index in [0.29, 0.717) is 24.4 Å². The maximum absolute atomic E-state index is 12.7. The summed E-state index contributed by atoms with van der Waals surface area (Å²) in [5, 5.41) is 0. The molecule has 1 saturated heterocycles. The lowest BCUT2D eigenvalue weighted by Gasteiger charge is -2.38. The first-order valence-electron chi connectivity index (χ1n) is 6.81. The predicted octanol–water partition coefficient (Wildman–Crippen LogP) is 2.22. The number of amides is 1. The summed E-state index contributed by atoms with van der Waals surface area (Å²) in [6.07, 6.45) is 0.993. The van der Waals surface area contributed by atoms with Crippen molar-refractivity contribution in [3.05, 3.63) is 29.3 Å². The van der Waals surface area contributed by atoms with Crippen LogP contribution in [0.25, 0.3) is 0 Å². The summed E-state index contributed by atoms with van der Waals surface area (Å²) in [5.41, 5.74) is 8.09. The van der Waals surface area contributed by atoms with Gasteiger partial charge in [-0.05, 0) is 38.0 Å². The monoisotopic (exact) mass is 262 g/mol. The lowest BCUT2D eigenvalue weighted by molar-refractivity contribution is -0.0444. The van der Waals surface area contributed by atoms with Crippen LogP contribution in [0.4, 0.5) is 5.69 Å². The summed E-state index contributed by atoms with van der Waals surface area (Å²) in [5.74, 6) is 0.0619. The van der Waals surface area contributed by atoms with E-state index in [9.17, 15) is 4.79 Å². The molecule has 0 aliphatic carbocycles. The number of nitrogens with two attached hydrogens (primary N) is 1. The first-order chi connectivity index (χ1) is 9.02. The zero-order valence-corrected chi connectivity index (χ0v) is 11.8. The minimum Gasteiger partial charge on any atom is -0.399 e. The lowest BCUT2D eigenvalue weighted by atomic mass is 10.0. The van der Waals surface area contributed by atoms with Crippen LogP contribution < -0.4 is 5.73 Å². The molecule has 1 aliphatic rings. The van der Waals surface area contributed by atoms with Crippen molar-refractivity contribution in [2.75, 3.05) is 18.9 Å². The maximum atomic E-state index is 12.7. The van der Waals surface area contributed by atoms with Crippen molar-refractivity contribution in [1.82, 2.24) is 4.90 Å². The fraction of sp³-hybridized carbons (Fsp3) is 0.533. The fourth-order valence-electron chi connectivity index (χ4n) is 2.46. The van der Waals surface area contributed by atoms with Gasteiger partial charge in [0, 0.05) is 17.8 Å². The highest BCUT2D eigenvalue weighted by atomic mass is 16.5. The van der Waals surface area contributed by atoms with E-state index >= 15 is 0 Å². The molecule has 1 fully saturated rings. The molecule has 0 saturated carbocycles. The molecule has 4 heteroatoms. The molecule has 0 bridgehead atoms. The first-order valence-corrected chi connectivity index (χ1v) is 6.81. The number of nitrogen functional groups attached to an aromatic ring is 1. The van der Waals surface area contributed by atoms with Crippen LogP contribution in [0.2, 0.25) is 0 Å². The summed E-state index contributed by atoms with van der Waals surface area (Å²) in [4.78, 5) is 14.6. The second kappa shape index (κ2) is 5.61. The maximum Gasteiger partial charge on any atom is 0.254 e. The molecule has 1 aliphatic heterocycles. The summed E-state index contributed by atoms with van der Waals surface area (Å²) < 4.78 is 5.63. The molecule has 0 spiro atoms. The molecule has 1 amide bonds. The van der Waals surface area contributed by atoms with Gasteiger partial charge in [0.25, 0.3) is 5.91 Å². The summed E-state index contributed by atoms with van der Waals surface area (Å²) >= 11 is 0. The van der Waals surface area contributed by atoms with E-state index in [0.717, 1.165) is 12.0 Å². The summed E-state index contributed by atoms with van der Waals surface area (Å²) in [7, 11) is 0. The van der Waals surface area contributed by atoms with Gasteiger partial charge in [0.15, 0.2) is 0 Å². The van der Waals surface area contributed by atoms with E-state index < -0.39 is 0 Å². The highest BCUT2D eigenvalue weighted by Crippen LogP contribution is 2.21. The second-order valence-electron chi connectivity index (χ2n) is 5.24. The number of carbonyl (C=O) groups excluding carboxylic acids is 1. The van der Waals surface area contributed by atoms with Crippen molar-refractivity contribution in [2.45, 2.75) is 39.3 Å². The standard InChI is InChI=1S/C15H22N2O2/c1-4-13-9-19-11(3)8-17(13)15(18)14-7-12(16)6-5-10(14)2/h5-7,11,13H,4,8-9,16H2,1-3H3. The molecule has 1 aromatic carbocycles. The number of aryl methyl sites for hydroxylation is 1. The molecule has 2 rings (SSSR count). The Labute approximate surface area is 114 Å². The van der Waals surface area contributed by atoms with E-state index in [1.54, 1.807) is 6.07 Å². The Hall–Kier alpha value is -1.55. The Bertz CT molecular complexity index is 473. The Balaban J connectivity index is 2.28. The average molecular weight is 262 g/mol. The van der Waals surface area contributed by atoms with Crippen molar-refractivity contribution in [1.29, 1.82) is 0 Å². The van der Waals surface area contributed by atoms with Crippen LogP contribution in [-0.4, -0.2) is 36.1 Å². The zero-order valence-electron chi connectivity index (χ0n) is 11.8. The van der Waals surface area contributed by atoms with E-state index in [-0.39, 0.29) is 18.1 Å². The van der Waals surface area contributed by atoms with Crippen molar-refractivity contribution in [3.63, 3.8) is 0 Å². The minimum absolute atomic E-state index is 0.0619. The number of rotatable bonds is 2. The molecule has 2 atom stereocenters. The van der Waals surface area contributed by atoms with Crippen molar-refractivity contribution >= 4 is 11.6 Å². The van der Waals surface area contributed by atoms with E-state index in [4.69, 9.17) is 10.5 Å². The third kappa shape index (κ3) is 2.89. The number of carbonyl (C=O) groups is 1. The molecule has 4 nitrogen and oxygen atoms in total. The van der Waals surface area contributed by atoms with E-state index in [2.05, 4.69) is 6.92 Å². The number of hydrogen-bond donors (Lipinski definition) is 1. The van der Waals surface area contributed by atoms with Gasteiger partial charge in [0.2, 0.25) is 0 Å². The van der Waals surface area contributed by atoms with Gasteiger partial charge in [-0.25, -0.2) is 0 Å². The molecule has 19 heavy (non-hydrogen) atoms. The van der Waals surface area contributed by atoms with Crippen LogP contribution in [-0.2, 0) is 4.74 Å². The van der Waals surface area contributed by atoms with Gasteiger partial charge in [-0.15, -0.1) is 0 Å². The van der Waals surface area contributed by atoms with Gasteiger partial charge in [-0.1, -0.05) is 13.0 Å². The number of morpholine rings is 1. The van der Waals surface area contributed by atoms with Gasteiger partial charge < -0.3 is 15.4 Å². The number of benzene rings is 1. The third-order valence-electron chi connectivity index (χ3n) is 3.69. The minimum atomic E-state index is 0.0619. The fourth-order valence-corrected chi connectivity index (χ4v) is 2.46. The summed E-state index contributed by atoms with van der Waals surface area (Å²) in [6, 6.07) is 5.65. The van der Waals surface area contributed by atoms with Gasteiger partial charge in [-0.3, -0.25) is 4.79 Å². The molecule has 1 heterocycles. The molecule has 1 aromatic rings. The SMILES string of the molecule is CCC1COC(C)CN1C(=O)c1cc(N)ccc1C. The van der Waals surface area contributed by atoms with E-state index in [1.807, 2.05) is 30.9 Å².